The summed E-state index contributed by atoms with van der Waals surface area (Å²) < 4.78 is 10.8. The Bertz CT molecular complexity index is 386. The zero-order valence-corrected chi connectivity index (χ0v) is 11.5. The molecule has 2 rings (SSSR count). The third-order valence-corrected chi connectivity index (χ3v) is 3.72. The summed E-state index contributed by atoms with van der Waals surface area (Å²) in [6, 6.07) is 6.79. The Kier molecular flexibility index (Phi) is 4.61. The fourth-order valence-corrected chi connectivity index (χ4v) is 2.43. The summed E-state index contributed by atoms with van der Waals surface area (Å²) in [4.78, 5) is 0. The van der Waals surface area contributed by atoms with Gasteiger partial charge in [0.2, 0.25) is 0 Å². The number of hydrogen-bond acceptors (Lipinski definition) is 3. The van der Waals surface area contributed by atoms with E-state index in [4.69, 9.17) is 9.47 Å². The van der Waals surface area contributed by atoms with Crippen molar-refractivity contribution in [2.45, 2.75) is 32.9 Å². The van der Waals surface area contributed by atoms with Crippen LogP contribution in [0.2, 0.25) is 0 Å². The van der Waals surface area contributed by atoms with Crippen LogP contribution in [0.3, 0.4) is 0 Å². The minimum Gasteiger partial charge on any atom is -0.496 e. The minimum absolute atomic E-state index is 0.484. The average molecular weight is 249 g/mol. The van der Waals surface area contributed by atoms with E-state index in [0.717, 1.165) is 25.5 Å². The van der Waals surface area contributed by atoms with Crippen molar-refractivity contribution in [3.05, 3.63) is 29.3 Å². The van der Waals surface area contributed by atoms with Crippen LogP contribution < -0.4 is 10.1 Å². The van der Waals surface area contributed by atoms with Crippen LogP contribution >= 0.6 is 0 Å². The molecule has 3 heteroatoms. The molecule has 0 saturated carbocycles. The van der Waals surface area contributed by atoms with E-state index in [2.05, 4.69) is 31.3 Å². The van der Waals surface area contributed by atoms with Gasteiger partial charge in [0, 0.05) is 24.8 Å². The van der Waals surface area contributed by atoms with Gasteiger partial charge >= 0.3 is 0 Å². The monoisotopic (exact) mass is 249 g/mol. The van der Waals surface area contributed by atoms with Gasteiger partial charge in [0.05, 0.1) is 13.7 Å². The van der Waals surface area contributed by atoms with Crippen LogP contribution in [0.1, 0.15) is 24.5 Å². The summed E-state index contributed by atoms with van der Waals surface area (Å²) in [5, 5.41) is 3.58. The van der Waals surface area contributed by atoms with Crippen molar-refractivity contribution in [3.8, 4) is 5.75 Å². The lowest BCUT2D eigenvalue weighted by Gasteiger charge is -2.20. The summed E-state index contributed by atoms with van der Waals surface area (Å²) in [5.74, 6) is 1.60. The number of rotatable bonds is 5. The second-order valence-corrected chi connectivity index (χ2v) is 5.11. The first-order chi connectivity index (χ1) is 8.70. The molecule has 1 fully saturated rings. The number of benzene rings is 1. The first-order valence-corrected chi connectivity index (χ1v) is 6.65. The van der Waals surface area contributed by atoms with E-state index in [1.807, 2.05) is 6.07 Å². The van der Waals surface area contributed by atoms with Gasteiger partial charge in [-0.2, -0.15) is 0 Å². The summed E-state index contributed by atoms with van der Waals surface area (Å²) in [7, 11) is 1.72. The molecule has 1 saturated heterocycles. The quantitative estimate of drug-likeness (QED) is 0.870. The molecule has 1 aromatic carbocycles. The molecule has 0 radical (unpaired) electrons. The molecule has 3 nitrogen and oxygen atoms in total. The fraction of sp³-hybridized carbons (Fsp3) is 0.600. The van der Waals surface area contributed by atoms with Crippen molar-refractivity contribution in [3.63, 3.8) is 0 Å². The van der Waals surface area contributed by atoms with E-state index in [1.54, 1.807) is 7.11 Å². The number of methoxy groups -OCH3 is 1. The van der Waals surface area contributed by atoms with Crippen LogP contribution in [0.5, 0.6) is 5.75 Å². The Morgan fingerprint density at radius 3 is 3.00 bits per heavy atom. The first-order valence-electron chi connectivity index (χ1n) is 6.65. The van der Waals surface area contributed by atoms with Gasteiger partial charge in [-0.25, -0.2) is 0 Å². The predicted octanol–water partition coefficient (Wildman–Crippen LogP) is 2.52. The highest BCUT2D eigenvalue weighted by Crippen LogP contribution is 2.21. The molecule has 1 aromatic rings. The average Bonchev–Trinajstić information content (AvgIpc) is 2.90. The standard InChI is InChI=1S/C15H23NO2/c1-11-4-5-15(17-3)14(8-11)9-16-12(2)13-6-7-18-10-13/h4-5,8,12-13,16H,6-7,9-10H2,1-3H3. The van der Waals surface area contributed by atoms with Gasteiger partial charge < -0.3 is 14.8 Å². The lowest BCUT2D eigenvalue weighted by Crippen LogP contribution is -2.33. The van der Waals surface area contributed by atoms with E-state index < -0.39 is 0 Å². The Labute approximate surface area is 109 Å². The zero-order valence-electron chi connectivity index (χ0n) is 11.5. The molecule has 1 heterocycles. The molecule has 100 valence electrons. The maximum atomic E-state index is 5.43. The Morgan fingerprint density at radius 1 is 1.50 bits per heavy atom. The molecule has 18 heavy (non-hydrogen) atoms. The summed E-state index contributed by atoms with van der Waals surface area (Å²) >= 11 is 0. The zero-order chi connectivity index (χ0) is 13.0. The van der Waals surface area contributed by atoms with Crippen molar-refractivity contribution in [2.24, 2.45) is 5.92 Å². The Morgan fingerprint density at radius 2 is 2.33 bits per heavy atom. The van der Waals surface area contributed by atoms with E-state index in [1.165, 1.54) is 17.5 Å². The summed E-state index contributed by atoms with van der Waals surface area (Å²) in [5.41, 5.74) is 2.49. The largest absolute Gasteiger partial charge is 0.496 e. The topological polar surface area (TPSA) is 30.5 Å². The van der Waals surface area contributed by atoms with Crippen LogP contribution in [-0.4, -0.2) is 26.4 Å². The molecule has 0 spiro atoms. The number of ether oxygens (including phenoxy) is 2. The lowest BCUT2D eigenvalue weighted by molar-refractivity contribution is 0.178. The molecule has 1 aliphatic heterocycles. The third kappa shape index (κ3) is 3.24. The van der Waals surface area contributed by atoms with Gasteiger partial charge in [0.15, 0.2) is 0 Å². The molecule has 0 aromatic heterocycles. The van der Waals surface area contributed by atoms with E-state index in [0.29, 0.717) is 12.0 Å². The number of aryl methyl sites for hydroxylation is 1. The van der Waals surface area contributed by atoms with E-state index >= 15 is 0 Å². The van der Waals surface area contributed by atoms with Crippen LogP contribution in [-0.2, 0) is 11.3 Å². The van der Waals surface area contributed by atoms with Gasteiger partial charge in [-0.1, -0.05) is 17.7 Å². The highest BCUT2D eigenvalue weighted by molar-refractivity contribution is 5.36. The molecule has 1 aliphatic rings. The van der Waals surface area contributed by atoms with Crippen molar-refractivity contribution in [1.82, 2.24) is 5.32 Å². The molecule has 2 unspecified atom stereocenters. The number of hydrogen-bond donors (Lipinski definition) is 1. The maximum Gasteiger partial charge on any atom is 0.123 e. The van der Waals surface area contributed by atoms with Crippen molar-refractivity contribution in [1.29, 1.82) is 0 Å². The summed E-state index contributed by atoms with van der Waals surface area (Å²) in [6.07, 6.45) is 1.17. The molecule has 2 atom stereocenters. The van der Waals surface area contributed by atoms with Crippen molar-refractivity contribution in [2.75, 3.05) is 20.3 Å². The van der Waals surface area contributed by atoms with E-state index in [9.17, 15) is 0 Å². The number of nitrogens with one attached hydrogen (secondary N) is 1. The Hall–Kier alpha value is -1.06. The van der Waals surface area contributed by atoms with Gasteiger partial charge in [-0.15, -0.1) is 0 Å². The van der Waals surface area contributed by atoms with E-state index in [-0.39, 0.29) is 0 Å². The van der Waals surface area contributed by atoms with Crippen molar-refractivity contribution < 1.29 is 9.47 Å². The first kappa shape index (κ1) is 13.4. The lowest BCUT2D eigenvalue weighted by atomic mass is 10.0. The smallest absolute Gasteiger partial charge is 0.123 e. The molecule has 0 amide bonds. The van der Waals surface area contributed by atoms with Crippen LogP contribution in [0.15, 0.2) is 18.2 Å². The second-order valence-electron chi connectivity index (χ2n) is 5.11. The molecule has 0 aliphatic carbocycles. The normalized spacial score (nSPS) is 20.9. The fourth-order valence-electron chi connectivity index (χ4n) is 2.43. The van der Waals surface area contributed by atoms with Gasteiger partial charge in [0.1, 0.15) is 5.75 Å². The maximum absolute atomic E-state index is 5.43. The molecule has 0 bridgehead atoms. The third-order valence-electron chi connectivity index (χ3n) is 3.72. The van der Waals surface area contributed by atoms with Crippen LogP contribution in [0.25, 0.3) is 0 Å². The molecular formula is C15H23NO2. The predicted molar refractivity (Wildman–Crippen MR) is 73.0 cm³/mol. The van der Waals surface area contributed by atoms with Gasteiger partial charge in [-0.3, -0.25) is 0 Å². The summed E-state index contributed by atoms with van der Waals surface area (Å²) in [6.45, 7) is 6.99. The Balaban J connectivity index is 1.94. The minimum atomic E-state index is 0.484. The molecular weight excluding hydrogens is 226 g/mol. The van der Waals surface area contributed by atoms with Gasteiger partial charge in [0.25, 0.3) is 0 Å². The highest BCUT2D eigenvalue weighted by atomic mass is 16.5. The molecule has 1 N–H and O–H groups in total. The second kappa shape index (κ2) is 6.21. The van der Waals surface area contributed by atoms with Gasteiger partial charge in [-0.05, 0) is 32.3 Å². The highest BCUT2D eigenvalue weighted by Gasteiger charge is 2.21. The van der Waals surface area contributed by atoms with Crippen LogP contribution in [0.4, 0.5) is 0 Å². The van der Waals surface area contributed by atoms with Crippen LogP contribution in [0, 0.1) is 12.8 Å². The van der Waals surface area contributed by atoms with Crippen molar-refractivity contribution >= 4 is 0 Å². The SMILES string of the molecule is COc1ccc(C)cc1CNC(C)C1CCOC1.